The van der Waals surface area contributed by atoms with E-state index < -0.39 is 38.7 Å². The van der Waals surface area contributed by atoms with Crippen molar-refractivity contribution < 1.29 is 27.8 Å². The molecular weight excluding hydrogens is 358 g/mol. The molecule has 0 amide bonds. The van der Waals surface area contributed by atoms with Gasteiger partial charge in [0, 0.05) is 11.2 Å². The zero-order chi connectivity index (χ0) is 19.9. The third-order valence-corrected chi connectivity index (χ3v) is 4.41. The predicted molar refractivity (Wildman–Crippen MR) is 93.9 cm³/mol. The fraction of sp³-hybridized carbons (Fsp3) is 0.444. The molecule has 1 aromatic carbocycles. The molecule has 0 aliphatic carbocycles. The number of carbonyl (C=O) groups excluding carboxylic acids is 1. The molecule has 7 nitrogen and oxygen atoms in total. The third kappa shape index (κ3) is 4.43. The van der Waals surface area contributed by atoms with Gasteiger partial charge in [-0.25, -0.2) is 4.79 Å². The minimum atomic E-state index is -4.00. The standard InChI is InChI=1S/C18H23NO6S/c1-17(2,3)24-15(20)13(16(21)25-18(4,5)6)14-11-9-7-8-10-12(11)26(22,23)19-14/h7-10,20H,1-6H3/p-1/b15-13-. The second kappa shape index (κ2) is 6.42. The van der Waals surface area contributed by atoms with Crippen molar-refractivity contribution in [2.45, 2.75) is 57.6 Å². The average molecular weight is 380 g/mol. The van der Waals surface area contributed by atoms with Gasteiger partial charge in [0.2, 0.25) is 0 Å². The highest BCUT2D eigenvalue weighted by Gasteiger charge is 2.35. The SMILES string of the molecule is CC(C)(C)OC(=O)/C(C1=NS(=O)(=O)c2ccccc21)=C(/[O-])OC(C)(C)C. The van der Waals surface area contributed by atoms with E-state index in [1.165, 1.54) is 18.2 Å². The first kappa shape index (κ1) is 20.0. The number of rotatable bonds is 3. The molecule has 1 heterocycles. The first-order chi connectivity index (χ1) is 11.7. The van der Waals surface area contributed by atoms with Crippen LogP contribution in [0.3, 0.4) is 0 Å². The lowest BCUT2D eigenvalue weighted by Gasteiger charge is -2.32. The van der Waals surface area contributed by atoms with Crippen molar-refractivity contribution in [3.63, 3.8) is 0 Å². The summed E-state index contributed by atoms with van der Waals surface area (Å²) in [5.74, 6) is -1.98. The zero-order valence-electron chi connectivity index (χ0n) is 15.6. The monoisotopic (exact) mass is 380 g/mol. The van der Waals surface area contributed by atoms with E-state index in [1.54, 1.807) is 47.6 Å². The van der Waals surface area contributed by atoms with Crippen molar-refractivity contribution in [1.29, 1.82) is 0 Å². The van der Waals surface area contributed by atoms with E-state index in [0.29, 0.717) is 0 Å². The number of hydrogen-bond donors (Lipinski definition) is 0. The predicted octanol–water partition coefficient (Wildman–Crippen LogP) is 1.91. The van der Waals surface area contributed by atoms with Crippen LogP contribution in [0.2, 0.25) is 0 Å². The van der Waals surface area contributed by atoms with Gasteiger partial charge in [0.25, 0.3) is 10.0 Å². The Hall–Kier alpha value is -2.35. The summed E-state index contributed by atoms with van der Waals surface area (Å²) in [7, 11) is -4.00. The van der Waals surface area contributed by atoms with Crippen LogP contribution in [0, 0.1) is 0 Å². The maximum Gasteiger partial charge on any atom is 0.342 e. The lowest BCUT2D eigenvalue weighted by Crippen LogP contribution is -2.33. The van der Waals surface area contributed by atoms with Gasteiger partial charge in [-0.2, -0.15) is 12.8 Å². The number of hydrogen-bond acceptors (Lipinski definition) is 6. The molecule has 1 aliphatic heterocycles. The van der Waals surface area contributed by atoms with Gasteiger partial charge in [-0.1, -0.05) is 39.0 Å². The van der Waals surface area contributed by atoms with E-state index in [9.17, 15) is 18.3 Å². The van der Waals surface area contributed by atoms with Gasteiger partial charge in [-0.05, 0) is 26.8 Å². The number of carbonyl (C=O) groups is 1. The Morgan fingerprint density at radius 2 is 1.54 bits per heavy atom. The number of sulfonamides is 1. The van der Waals surface area contributed by atoms with Crippen LogP contribution >= 0.6 is 0 Å². The van der Waals surface area contributed by atoms with Crippen molar-refractivity contribution in [3.8, 4) is 0 Å². The number of ether oxygens (including phenoxy) is 2. The quantitative estimate of drug-likeness (QED) is 0.451. The molecule has 2 rings (SSSR count). The Labute approximate surface area is 153 Å². The maximum absolute atomic E-state index is 12.7. The number of fused-ring (bicyclic) bond motifs is 1. The molecule has 0 bridgehead atoms. The van der Waals surface area contributed by atoms with Crippen molar-refractivity contribution in [1.82, 2.24) is 0 Å². The third-order valence-electron chi connectivity index (χ3n) is 3.07. The molecule has 0 fully saturated rings. The molecule has 0 radical (unpaired) electrons. The Morgan fingerprint density at radius 1 is 1.00 bits per heavy atom. The summed E-state index contributed by atoms with van der Waals surface area (Å²) in [6.07, 6.45) is 0. The van der Waals surface area contributed by atoms with Gasteiger partial charge in [-0.3, -0.25) is 0 Å². The summed E-state index contributed by atoms with van der Waals surface area (Å²) in [6.45, 7) is 9.83. The number of esters is 1. The summed E-state index contributed by atoms with van der Waals surface area (Å²) >= 11 is 0. The largest absolute Gasteiger partial charge is 0.607 e. The van der Waals surface area contributed by atoms with Gasteiger partial charge in [0.1, 0.15) is 16.9 Å². The average Bonchev–Trinajstić information content (AvgIpc) is 2.67. The molecule has 1 aromatic rings. The Kier molecular flexibility index (Phi) is 4.93. The normalized spacial score (nSPS) is 17.1. The van der Waals surface area contributed by atoms with Crippen LogP contribution in [0.25, 0.3) is 0 Å². The van der Waals surface area contributed by atoms with Gasteiger partial charge in [0.15, 0.2) is 0 Å². The number of benzene rings is 1. The molecule has 0 saturated heterocycles. The van der Waals surface area contributed by atoms with Crippen LogP contribution in [-0.4, -0.2) is 31.3 Å². The van der Waals surface area contributed by atoms with Crippen LogP contribution in [-0.2, 0) is 24.3 Å². The van der Waals surface area contributed by atoms with Gasteiger partial charge in [-0.15, -0.1) is 0 Å². The molecule has 0 unspecified atom stereocenters. The lowest BCUT2D eigenvalue weighted by atomic mass is 10.0. The van der Waals surface area contributed by atoms with E-state index >= 15 is 0 Å². The number of nitrogens with zero attached hydrogens (tertiary/aromatic N) is 1. The minimum absolute atomic E-state index is 0.0698. The van der Waals surface area contributed by atoms with Gasteiger partial charge >= 0.3 is 5.97 Å². The molecule has 0 atom stereocenters. The lowest BCUT2D eigenvalue weighted by molar-refractivity contribution is -0.369. The summed E-state index contributed by atoms with van der Waals surface area (Å²) in [6, 6.07) is 5.98. The van der Waals surface area contributed by atoms with Crippen molar-refractivity contribution in [3.05, 3.63) is 41.3 Å². The second-order valence-electron chi connectivity index (χ2n) is 7.79. The fourth-order valence-electron chi connectivity index (χ4n) is 2.22. The highest BCUT2D eigenvalue weighted by molar-refractivity contribution is 7.90. The van der Waals surface area contributed by atoms with Crippen molar-refractivity contribution in [2.75, 3.05) is 0 Å². The van der Waals surface area contributed by atoms with E-state index in [-0.39, 0.29) is 16.2 Å². The molecule has 26 heavy (non-hydrogen) atoms. The summed E-state index contributed by atoms with van der Waals surface area (Å²) in [5, 5.41) is 12.7. The van der Waals surface area contributed by atoms with Crippen LogP contribution < -0.4 is 5.11 Å². The second-order valence-corrected chi connectivity index (χ2v) is 9.36. The van der Waals surface area contributed by atoms with E-state index in [0.717, 1.165) is 0 Å². The first-order valence-electron chi connectivity index (χ1n) is 8.00. The summed E-state index contributed by atoms with van der Waals surface area (Å²) < 4.78 is 38.8. The molecule has 142 valence electrons. The van der Waals surface area contributed by atoms with Gasteiger partial charge < -0.3 is 14.6 Å². The Bertz CT molecular complexity index is 898. The molecule has 1 aliphatic rings. The maximum atomic E-state index is 12.7. The fourth-order valence-corrected chi connectivity index (χ4v) is 3.44. The first-order valence-corrected chi connectivity index (χ1v) is 9.44. The topological polar surface area (TPSA) is 105 Å². The van der Waals surface area contributed by atoms with Gasteiger partial charge in [0.05, 0.1) is 10.8 Å². The van der Waals surface area contributed by atoms with E-state index in [4.69, 9.17) is 9.47 Å². The van der Waals surface area contributed by atoms with Crippen LogP contribution in [0.15, 0.2) is 45.1 Å². The Balaban J connectivity index is 2.67. The summed E-state index contributed by atoms with van der Waals surface area (Å²) in [5.41, 5.74) is -2.41. The zero-order valence-corrected chi connectivity index (χ0v) is 16.4. The molecule has 0 N–H and O–H groups in total. The van der Waals surface area contributed by atoms with Crippen molar-refractivity contribution in [2.24, 2.45) is 4.40 Å². The highest BCUT2D eigenvalue weighted by Crippen LogP contribution is 2.31. The molecule has 8 heteroatoms. The molecule has 0 saturated carbocycles. The molecule has 0 aromatic heterocycles. The van der Waals surface area contributed by atoms with Crippen LogP contribution in [0.4, 0.5) is 0 Å². The van der Waals surface area contributed by atoms with Crippen molar-refractivity contribution >= 4 is 21.7 Å². The molecular formula is C18H22NO6S-. The molecule has 0 spiro atoms. The smallest absolute Gasteiger partial charge is 0.342 e. The highest BCUT2D eigenvalue weighted by atomic mass is 32.2. The summed E-state index contributed by atoms with van der Waals surface area (Å²) in [4.78, 5) is 12.6. The van der Waals surface area contributed by atoms with E-state index in [1.807, 2.05) is 0 Å². The van der Waals surface area contributed by atoms with E-state index in [2.05, 4.69) is 4.40 Å². The van der Waals surface area contributed by atoms with Crippen LogP contribution in [0.1, 0.15) is 47.1 Å². The van der Waals surface area contributed by atoms with Crippen LogP contribution in [0.5, 0.6) is 0 Å². The Morgan fingerprint density at radius 3 is 2.08 bits per heavy atom. The minimum Gasteiger partial charge on any atom is -0.607 e.